The summed E-state index contributed by atoms with van der Waals surface area (Å²) in [5, 5.41) is 8.26. The minimum absolute atomic E-state index is 0.0441. The predicted octanol–water partition coefficient (Wildman–Crippen LogP) is 2.65. The molecule has 0 N–H and O–H groups in total. The topological polar surface area (TPSA) is 47.4 Å². The molecule has 1 atom stereocenters. The molecule has 0 saturated heterocycles. The quantitative estimate of drug-likeness (QED) is 0.846. The first-order chi connectivity index (χ1) is 11.2. The van der Waals surface area contributed by atoms with E-state index in [1.54, 1.807) is 11.3 Å². The van der Waals surface area contributed by atoms with E-state index in [0.717, 1.165) is 36.7 Å². The van der Waals surface area contributed by atoms with Gasteiger partial charge in [-0.05, 0) is 42.2 Å². The average molecular weight is 331 g/mol. The maximum Gasteiger partial charge on any atom is 0.255 e. The summed E-state index contributed by atoms with van der Waals surface area (Å²) in [5.41, 5.74) is 3.13. The van der Waals surface area contributed by atoms with Crippen LogP contribution in [0.2, 0.25) is 0 Å². The largest absolute Gasteiger partial charge is 0.379 e. The van der Waals surface area contributed by atoms with Gasteiger partial charge in [-0.2, -0.15) is 16.4 Å². The van der Waals surface area contributed by atoms with Crippen molar-refractivity contribution >= 4 is 17.2 Å². The number of aromatic nitrogens is 2. The van der Waals surface area contributed by atoms with Gasteiger partial charge >= 0.3 is 0 Å². The summed E-state index contributed by atoms with van der Waals surface area (Å²) in [5.74, 6) is 0.823. The number of carbonyl (C=O) groups excluding carboxylic acids is 1. The van der Waals surface area contributed by atoms with Crippen LogP contribution in [-0.2, 0) is 18.2 Å². The van der Waals surface area contributed by atoms with Crippen LogP contribution in [0.4, 0.5) is 0 Å². The van der Waals surface area contributed by atoms with Crippen molar-refractivity contribution < 1.29 is 9.53 Å². The zero-order valence-electron chi connectivity index (χ0n) is 13.3. The minimum atomic E-state index is -0.0441. The molecule has 0 aromatic carbocycles. The predicted molar refractivity (Wildman–Crippen MR) is 88.6 cm³/mol. The van der Waals surface area contributed by atoms with Crippen molar-refractivity contribution in [2.45, 2.75) is 25.3 Å². The molecule has 6 heteroatoms. The highest BCUT2D eigenvalue weighted by Gasteiger charge is 2.34. The summed E-state index contributed by atoms with van der Waals surface area (Å²) < 4.78 is 7.84. The molecule has 2 aromatic heterocycles. The Labute approximate surface area is 139 Å². The van der Waals surface area contributed by atoms with Crippen molar-refractivity contribution in [1.29, 1.82) is 0 Å². The maximum atomic E-state index is 12.9. The monoisotopic (exact) mass is 331 g/mol. The summed E-state index contributed by atoms with van der Waals surface area (Å²) in [6.45, 7) is 2.09. The second-order valence-electron chi connectivity index (χ2n) is 6.44. The third kappa shape index (κ3) is 2.93. The van der Waals surface area contributed by atoms with Crippen LogP contribution in [0.3, 0.4) is 0 Å². The zero-order chi connectivity index (χ0) is 15.8. The highest BCUT2D eigenvalue weighted by atomic mass is 32.1. The SMILES string of the molecule is Cn1ncc2c1C(COCC1CC1)N(C(=O)c1ccsc1)CC2. The number of carbonyl (C=O) groups is 1. The fourth-order valence-corrected chi connectivity index (χ4v) is 3.88. The van der Waals surface area contributed by atoms with Crippen molar-refractivity contribution in [1.82, 2.24) is 14.7 Å². The molecule has 1 amide bonds. The van der Waals surface area contributed by atoms with Gasteiger partial charge in [0.15, 0.2) is 0 Å². The molecule has 2 aromatic rings. The van der Waals surface area contributed by atoms with Crippen LogP contribution in [0.1, 0.15) is 40.5 Å². The van der Waals surface area contributed by atoms with Gasteiger partial charge in [-0.3, -0.25) is 9.48 Å². The van der Waals surface area contributed by atoms with Crippen LogP contribution in [-0.4, -0.2) is 40.3 Å². The molecule has 23 heavy (non-hydrogen) atoms. The molecule has 1 unspecified atom stereocenters. The van der Waals surface area contributed by atoms with Gasteiger partial charge in [-0.1, -0.05) is 0 Å². The summed E-state index contributed by atoms with van der Waals surface area (Å²) in [4.78, 5) is 14.8. The fourth-order valence-electron chi connectivity index (χ4n) is 3.25. The number of fused-ring (bicyclic) bond motifs is 1. The molecule has 4 rings (SSSR count). The molecule has 122 valence electrons. The molecule has 1 saturated carbocycles. The second-order valence-corrected chi connectivity index (χ2v) is 7.22. The number of amides is 1. The summed E-state index contributed by atoms with van der Waals surface area (Å²) in [6, 6.07) is 1.85. The number of hydrogen-bond donors (Lipinski definition) is 0. The van der Waals surface area contributed by atoms with E-state index in [9.17, 15) is 4.79 Å². The van der Waals surface area contributed by atoms with Gasteiger partial charge in [0.1, 0.15) is 0 Å². The smallest absolute Gasteiger partial charge is 0.255 e. The molecular formula is C17H21N3O2S. The lowest BCUT2D eigenvalue weighted by Gasteiger charge is -2.36. The van der Waals surface area contributed by atoms with Gasteiger partial charge in [0.05, 0.1) is 30.1 Å². The Morgan fingerprint density at radius 3 is 3.04 bits per heavy atom. The first-order valence-corrected chi connectivity index (χ1v) is 9.10. The lowest BCUT2D eigenvalue weighted by molar-refractivity contribution is 0.0348. The Bertz CT molecular complexity index is 691. The number of ether oxygens (including phenoxy) is 1. The zero-order valence-corrected chi connectivity index (χ0v) is 14.1. The van der Waals surface area contributed by atoms with Crippen LogP contribution in [0.25, 0.3) is 0 Å². The average Bonchev–Trinajstić information content (AvgIpc) is 3.07. The Morgan fingerprint density at radius 2 is 2.30 bits per heavy atom. The van der Waals surface area contributed by atoms with Gasteiger partial charge in [-0.25, -0.2) is 0 Å². The fraction of sp³-hybridized carbons (Fsp3) is 0.529. The van der Waals surface area contributed by atoms with Crippen molar-refractivity contribution in [3.63, 3.8) is 0 Å². The standard InChI is InChI=1S/C17H21N3O2S/c1-19-16-13(8-18-19)4-6-20(17(21)14-5-7-23-11-14)15(16)10-22-9-12-2-3-12/h5,7-8,11-12,15H,2-4,6,9-10H2,1H3. The van der Waals surface area contributed by atoms with Crippen molar-refractivity contribution in [3.8, 4) is 0 Å². The first kappa shape index (κ1) is 14.9. The molecule has 5 nitrogen and oxygen atoms in total. The number of nitrogens with zero attached hydrogens (tertiary/aromatic N) is 3. The van der Waals surface area contributed by atoms with E-state index in [1.165, 1.54) is 18.4 Å². The second kappa shape index (κ2) is 6.09. The summed E-state index contributed by atoms with van der Waals surface area (Å²) in [7, 11) is 1.95. The Morgan fingerprint density at radius 1 is 1.43 bits per heavy atom. The Hall–Kier alpha value is -1.66. The van der Waals surface area contributed by atoms with Crippen molar-refractivity contribution in [2.24, 2.45) is 13.0 Å². The van der Waals surface area contributed by atoms with Crippen LogP contribution >= 0.6 is 11.3 Å². The Kier molecular flexibility index (Phi) is 3.95. The number of aryl methyl sites for hydroxylation is 1. The third-order valence-electron chi connectivity index (χ3n) is 4.73. The molecule has 1 aliphatic heterocycles. The number of thiophene rings is 1. The molecule has 0 spiro atoms. The normalized spacial score (nSPS) is 20.6. The van der Waals surface area contributed by atoms with Gasteiger partial charge in [0.2, 0.25) is 0 Å². The van der Waals surface area contributed by atoms with E-state index in [2.05, 4.69) is 5.10 Å². The molecule has 0 radical (unpaired) electrons. The minimum Gasteiger partial charge on any atom is -0.379 e. The molecular weight excluding hydrogens is 310 g/mol. The molecule has 0 bridgehead atoms. The highest BCUT2D eigenvalue weighted by molar-refractivity contribution is 7.08. The summed E-state index contributed by atoms with van der Waals surface area (Å²) in [6.07, 6.45) is 5.34. The van der Waals surface area contributed by atoms with E-state index in [1.807, 2.05) is 39.7 Å². The van der Waals surface area contributed by atoms with Crippen LogP contribution in [0.5, 0.6) is 0 Å². The van der Waals surface area contributed by atoms with Gasteiger partial charge < -0.3 is 9.64 Å². The van der Waals surface area contributed by atoms with E-state index >= 15 is 0 Å². The molecule has 2 aliphatic rings. The van der Waals surface area contributed by atoms with Gasteiger partial charge in [0, 0.05) is 25.6 Å². The Balaban J connectivity index is 1.58. The van der Waals surface area contributed by atoms with Crippen LogP contribution in [0, 0.1) is 5.92 Å². The van der Waals surface area contributed by atoms with E-state index < -0.39 is 0 Å². The third-order valence-corrected chi connectivity index (χ3v) is 5.42. The van der Waals surface area contributed by atoms with Gasteiger partial charge in [0.25, 0.3) is 5.91 Å². The number of rotatable bonds is 5. The number of hydrogen-bond acceptors (Lipinski definition) is 4. The summed E-state index contributed by atoms with van der Waals surface area (Å²) >= 11 is 1.56. The first-order valence-electron chi connectivity index (χ1n) is 8.15. The van der Waals surface area contributed by atoms with Crippen LogP contribution < -0.4 is 0 Å². The van der Waals surface area contributed by atoms with Crippen LogP contribution in [0.15, 0.2) is 23.0 Å². The lowest BCUT2D eigenvalue weighted by Crippen LogP contribution is -2.42. The van der Waals surface area contributed by atoms with E-state index in [-0.39, 0.29) is 11.9 Å². The van der Waals surface area contributed by atoms with Crippen molar-refractivity contribution in [3.05, 3.63) is 39.8 Å². The molecule has 1 aliphatic carbocycles. The molecule has 1 fully saturated rings. The highest BCUT2D eigenvalue weighted by Crippen LogP contribution is 2.33. The lowest BCUT2D eigenvalue weighted by atomic mass is 9.99. The molecule has 3 heterocycles. The van der Waals surface area contributed by atoms with Crippen molar-refractivity contribution in [2.75, 3.05) is 19.8 Å². The maximum absolute atomic E-state index is 12.9. The van der Waals surface area contributed by atoms with Gasteiger partial charge in [-0.15, -0.1) is 0 Å². The van der Waals surface area contributed by atoms with E-state index in [0.29, 0.717) is 6.61 Å². The van der Waals surface area contributed by atoms with E-state index in [4.69, 9.17) is 4.74 Å².